The number of hydrogen-bond acceptors (Lipinski definition) is 4. The van der Waals surface area contributed by atoms with Crippen LogP contribution in [0, 0.1) is 11.4 Å². The van der Waals surface area contributed by atoms with E-state index in [0.29, 0.717) is 12.0 Å². The molecule has 0 radical (unpaired) electrons. The maximum Gasteiger partial charge on any atom is 0.231 e. The van der Waals surface area contributed by atoms with Gasteiger partial charge in [-0.1, -0.05) is 61.1 Å². The third-order valence-electron chi connectivity index (χ3n) is 5.95. The van der Waals surface area contributed by atoms with Gasteiger partial charge in [0.1, 0.15) is 0 Å². The highest BCUT2D eigenvalue weighted by Crippen LogP contribution is 2.47. The standard InChI is InChI=1S/C22H23N5O/c1-22-11-10-18(13-17(22)12-16-4-2-3-5-19(16)22)25-21(28)15-8-6-14(7-9-15)20(26-23)27-24/h2-8,10,13,15,23H,9,11-12,24H2,1H3,(H,25,28). The normalized spacial score (nSPS) is 25.8. The summed E-state index contributed by atoms with van der Waals surface area (Å²) >= 11 is 0. The average Bonchev–Trinajstić information content (AvgIpc) is 3.01. The Balaban J connectivity index is 1.44. The number of benzene rings is 1. The van der Waals surface area contributed by atoms with E-state index < -0.39 is 0 Å². The molecule has 142 valence electrons. The van der Waals surface area contributed by atoms with Gasteiger partial charge < -0.3 is 11.2 Å². The van der Waals surface area contributed by atoms with Gasteiger partial charge in [-0.05, 0) is 36.5 Å². The summed E-state index contributed by atoms with van der Waals surface area (Å²) in [5, 5.41) is 9.83. The molecule has 6 heteroatoms. The van der Waals surface area contributed by atoms with E-state index in [1.807, 2.05) is 12.2 Å². The predicted octanol–water partition coefficient (Wildman–Crippen LogP) is 3.64. The summed E-state index contributed by atoms with van der Waals surface area (Å²) in [6.07, 6.45) is 12.0. The number of hydrogen-bond donors (Lipinski definition) is 3. The van der Waals surface area contributed by atoms with Gasteiger partial charge in [0, 0.05) is 16.7 Å². The molecule has 0 bridgehead atoms. The molecule has 2 unspecified atom stereocenters. The number of amides is 1. The summed E-state index contributed by atoms with van der Waals surface area (Å²) in [7, 11) is 0. The molecule has 1 aromatic rings. The monoisotopic (exact) mass is 373 g/mol. The second kappa shape index (κ2) is 7.03. The van der Waals surface area contributed by atoms with E-state index in [9.17, 15) is 4.79 Å². The van der Waals surface area contributed by atoms with Crippen LogP contribution in [0.25, 0.3) is 0 Å². The molecule has 2 atom stereocenters. The highest BCUT2D eigenvalue weighted by atomic mass is 16.1. The van der Waals surface area contributed by atoms with Crippen LogP contribution in [0.5, 0.6) is 0 Å². The Morgan fingerprint density at radius 3 is 2.86 bits per heavy atom. The number of nitrogens with zero attached hydrogens (tertiary/aromatic N) is 2. The van der Waals surface area contributed by atoms with Crippen LogP contribution in [0.15, 0.2) is 81.7 Å². The molecule has 4 rings (SSSR count). The number of amidine groups is 1. The fourth-order valence-corrected chi connectivity index (χ4v) is 4.27. The summed E-state index contributed by atoms with van der Waals surface area (Å²) in [5.41, 5.74) is 12.8. The largest absolute Gasteiger partial charge is 0.326 e. The summed E-state index contributed by atoms with van der Waals surface area (Å²) in [6.45, 7) is 2.28. The number of hydrazone groups is 1. The first-order chi connectivity index (χ1) is 13.5. The minimum atomic E-state index is -0.262. The number of nitrogens with two attached hydrogens (primary N) is 1. The molecule has 0 fully saturated rings. The van der Waals surface area contributed by atoms with Crippen LogP contribution in [0.3, 0.4) is 0 Å². The molecule has 0 saturated heterocycles. The van der Waals surface area contributed by atoms with Crippen molar-refractivity contribution in [3.8, 4) is 0 Å². The number of carbonyl (C=O) groups is 1. The lowest BCUT2D eigenvalue weighted by Gasteiger charge is -2.30. The molecular formula is C22H23N5O. The number of allylic oxidation sites excluding steroid dienone is 4. The second-order valence-corrected chi connectivity index (χ2v) is 7.61. The molecule has 28 heavy (non-hydrogen) atoms. The van der Waals surface area contributed by atoms with Crippen LogP contribution >= 0.6 is 0 Å². The molecule has 0 saturated carbocycles. The third-order valence-corrected chi connectivity index (χ3v) is 5.95. The van der Waals surface area contributed by atoms with Crippen LogP contribution in [-0.4, -0.2) is 11.7 Å². The van der Waals surface area contributed by atoms with Crippen molar-refractivity contribution in [2.24, 2.45) is 22.0 Å². The Bertz CT molecular complexity index is 998. The van der Waals surface area contributed by atoms with Crippen molar-refractivity contribution in [2.45, 2.75) is 31.6 Å². The minimum absolute atomic E-state index is 0.0327. The summed E-state index contributed by atoms with van der Waals surface area (Å²) in [6, 6.07) is 8.59. The molecule has 1 amide bonds. The molecule has 6 nitrogen and oxygen atoms in total. The van der Waals surface area contributed by atoms with Crippen LogP contribution in [0.1, 0.15) is 30.9 Å². The highest BCUT2D eigenvalue weighted by molar-refractivity contribution is 6.01. The van der Waals surface area contributed by atoms with E-state index >= 15 is 0 Å². The van der Waals surface area contributed by atoms with Crippen LogP contribution in [0.4, 0.5) is 0 Å². The lowest BCUT2D eigenvalue weighted by atomic mass is 9.75. The SMILES string of the molecule is CC12CC=C(NC(=O)C3C=CC(C(N=N)=NN)=CC3)C=C1Cc1ccccc12. The minimum Gasteiger partial charge on any atom is -0.326 e. The second-order valence-electron chi connectivity index (χ2n) is 7.61. The van der Waals surface area contributed by atoms with Crippen molar-refractivity contribution in [1.29, 1.82) is 5.53 Å². The van der Waals surface area contributed by atoms with Crippen molar-refractivity contribution in [3.05, 3.63) is 82.6 Å². The zero-order valence-corrected chi connectivity index (χ0v) is 15.8. The van der Waals surface area contributed by atoms with Crippen molar-refractivity contribution < 1.29 is 4.79 Å². The van der Waals surface area contributed by atoms with Gasteiger partial charge in [0.05, 0.1) is 5.92 Å². The molecule has 3 aliphatic carbocycles. The molecular weight excluding hydrogens is 350 g/mol. The van der Waals surface area contributed by atoms with Gasteiger partial charge in [-0.3, -0.25) is 4.79 Å². The van der Waals surface area contributed by atoms with E-state index in [-0.39, 0.29) is 23.1 Å². The maximum absolute atomic E-state index is 12.7. The summed E-state index contributed by atoms with van der Waals surface area (Å²) < 4.78 is 0. The molecule has 0 spiro atoms. The first-order valence-electron chi connectivity index (χ1n) is 9.39. The van der Waals surface area contributed by atoms with Crippen LogP contribution in [0.2, 0.25) is 0 Å². The van der Waals surface area contributed by atoms with Crippen molar-refractivity contribution in [2.75, 3.05) is 0 Å². The van der Waals surface area contributed by atoms with E-state index in [4.69, 9.17) is 11.4 Å². The van der Waals surface area contributed by atoms with Gasteiger partial charge in [-0.25, -0.2) is 5.53 Å². The fraction of sp³-hybridized carbons (Fsp3) is 0.273. The zero-order valence-electron chi connectivity index (χ0n) is 15.8. The predicted molar refractivity (Wildman–Crippen MR) is 109 cm³/mol. The molecule has 3 aliphatic rings. The maximum atomic E-state index is 12.7. The molecule has 0 aliphatic heterocycles. The van der Waals surface area contributed by atoms with Gasteiger partial charge in [-0.2, -0.15) is 5.10 Å². The molecule has 4 N–H and O–H groups in total. The number of fused-ring (bicyclic) bond motifs is 3. The van der Waals surface area contributed by atoms with E-state index in [2.05, 4.69) is 58.9 Å². The first-order valence-corrected chi connectivity index (χ1v) is 9.39. The summed E-state index contributed by atoms with van der Waals surface area (Å²) in [5.74, 6) is 5.08. The van der Waals surface area contributed by atoms with Gasteiger partial charge >= 0.3 is 0 Å². The van der Waals surface area contributed by atoms with E-state index in [1.165, 1.54) is 16.7 Å². The van der Waals surface area contributed by atoms with E-state index in [1.54, 1.807) is 6.08 Å². The quantitative estimate of drug-likeness (QED) is 0.247. The smallest absolute Gasteiger partial charge is 0.231 e. The van der Waals surface area contributed by atoms with Gasteiger partial charge in [0.25, 0.3) is 0 Å². The fourth-order valence-electron chi connectivity index (χ4n) is 4.27. The van der Waals surface area contributed by atoms with Gasteiger partial charge in [0.15, 0.2) is 5.84 Å². The van der Waals surface area contributed by atoms with E-state index in [0.717, 1.165) is 18.5 Å². The highest BCUT2D eigenvalue weighted by Gasteiger charge is 2.39. The number of carbonyl (C=O) groups excluding carboxylic acids is 1. The molecule has 1 aromatic carbocycles. The van der Waals surface area contributed by atoms with Gasteiger partial charge in [0.2, 0.25) is 5.91 Å². The van der Waals surface area contributed by atoms with Crippen LogP contribution in [-0.2, 0) is 16.6 Å². The lowest BCUT2D eigenvalue weighted by Crippen LogP contribution is -2.32. The lowest BCUT2D eigenvalue weighted by molar-refractivity contribution is -0.122. The average molecular weight is 373 g/mol. The summed E-state index contributed by atoms with van der Waals surface area (Å²) in [4.78, 5) is 12.7. The van der Waals surface area contributed by atoms with Crippen molar-refractivity contribution in [1.82, 2.24) is 5.32 Å². The topological polar surface area (TPSA) is 104 Å². The number of rotatable bonds is 3. The molecule has 0 aromatic heterocycles. The first kappa shape index (κ1) is 18.1. The number of nitrogens with one attached hydrogen (secondary N) is 2. The zero-order chi connectivity index (χ0) is 19.7. The van der Waals surface area contributed by atoms with Crippen LogP contribution < -0.4 is 11.2 Å². The Morgan fingerprint density at radius 2 is 2.14 bits per heavy atom. The molecule has 0 heterocycles. The Hall–Kier alpha value is -3.28. The van der Waals surface area contributed by atoms with Crippen molar-refractivity contribution >= 4 is 11.7 Å². The van der Waals surface area contributed by atoms with Gasteiger partial charge in [-0.15, -0.1) is 5.11 Å². The Labute approximate surface area is 164 Å². The Morgan fingerprint density at radius 1 is 1.32 bits per heavy atom. The Kier molecular flexibility index (Phi) is 4.55. The third kappa shape index (κ3) is 3.01. The van der Waals surface area contributed by atoms with Crippen molar-refractivity contribution in [3.63, 3.8) is 0 Å².